The number of halogens is 2. The van der Waals surface area contributed by atoms with Crippen molar-refractivity contribution in [2.45, 2.75) is 19.4 Å². The first-order valence-corrected chi connectivity index (χ1v) is 6.67. The molecule has 0 atom stereocenters. The van der Waals surface area contributed by atoms with Crippen molar-refractivity contribution in [1.82, 2.24) is 10.2 Å². The number of nitrogens with zero attached hydrogens (tertiary/aromatic N) is 1. The zero-order valence-corrected chi connectivity index (χ0v) is 12.1. The fourth-order valence-electron chi connectivity index (χ4n) is 2.17. The van der Waals surface area contributed by atoms with Crippen molar-refractivity contribution in [3.05, 3.63) is 34.1 Å². The number of benzene rings is 1. The van der Waals surface area contributed by atoms with Gasteiger partial charge in [-0.25, -0.2) is 4.39 Å². The lowest BCUT2D eigenvalue weighted by molar-refractivity contribution is 0.0651. The lowest BCUT2D eigenvalue weighted by Crippen LogP contribution is -2.58. The van der Waals surface area contributed by atoms with Gasteiger partial charge in [-0.05, 0) is 32.0 Å². The monoisotopic (exact) mass is 314 g/mol. The number of amides is 1. The minimum absolute atomic E-state index is 0.0987. The van der Waals surface area contributed by atoms with Gasteiger partial charge in [0.2, 0.25) is 0 Å². The molecule has 2 rings (SSSR count). The summed E-state index contributed by atoms with van der Waals surface area (Å²) >= 11 is 3.20. The largest absolute Gasteiger partial charge is 0.336 e. The highest BCUT2D eigenvalue weighted by molar-refractivity contribution is 9.10. The van der Waals surface area contributed by atoms with E-state index in [1.54, 1.807) is 11.0 Å². The Kier molecular flexibility index (Phi) is 3.73. The summed E-state index contributed by atoms with van der Waals surface area (Å²) in [5.74, 6) is -0.521. The van der Waals surface area contributed by atoms with Gasteiger partial charge >= 0.3 is 0 Å². The summed E-state index contributed by atoms with van der Waals surface area (Å²) < 4.78 is 13.9. The molecule has 1 aromatic rings. The maximum absolute atomic E-state index is 13.3. The number of rotatable bonds is 1. The smallest absolute Gasteiger partial charge is 0.254 e. The maximum Gasteiger partial charge on any atom is 0.254 e. The Balaban J connectivity index is 2.20. The Morgan fingerprint density at radius 3 is 2.78 bits per heavy atom. The van der Waals surface area contributed by atoms with Gasteiger partial charge in [-0.3, -0.25) is 4.79 Å². The number of nitrogens with one attached hydrogen (secondary N) is 1. The Morgan fingerprint density at radius 1 is 1.44 bits per heavy atom. The molecule has 1 amide bonds. The first-order valence-electron chi connectivity index (χ1n) is 5.88. The summed E-state index contributed by atoms with van der Waals surface area (Å²) in [4.78, 5) is 14.1. The molecule has 1 heterocycles. The van der Waals surface area contributed by atoms with Gasteiger partial charge in [0.1, 0.15) is 5.82 Å². The van der Waals surface area contributed by atoms with Crippen LogP contribution in [0.1, 0.15) is 24.2 Å². The van der Waals surface area contributed by atoms with Gasteiger partial charge in [-0.1, -0.05) is 15.9 Å². The molecule has 0 saturated carbocycles. The fraction of sp³-hybridized carbons (Fsp3) is 0.462. The van der Waals surface area contributed by atoms with Crippen LogP contribution in [-0.2, 0) is 0 Å². The van der Waals surface area contributed by atoms with Gasteiger partial charge in [0.05, 0.1) is 0 Å². The topological polar surface area (TPSA) is 32.3 Å². The third-order valence-electron chi connectivity index (χ3n) is 2.97. The second kappa shape index (κ2) is 4.97. The Morgan fingerprint density at radius 2 is 2.17 bits per heavy atom. The Labute approximate surface area is 114 Å². The quantitative estimate of drug-likeness (QED) is 0.863. The Hall–Kier alpha value is -0.940. The van der Waals surface area contributed by atoms with Crippen molar-refractivity contribution in [2.24, 2.45) is 0 Å². The second-order valence-electron chi connectivity index (χ2n) is 5.20. The lowest BCUT2D eigenvalue weighted by Gasteiger charge is -2.39. The molecular formula is C13H16BrFN2O. The van der Waals surface area contributed by atoms with Crippen LogP contribution in [0.5, 0.6) is 0 Å². The molecule has 3 nitrogen and oxygen atoms in total. The van der Waals surface area contributed by atoms with E-state index in [2.05, 4.69) is 21.2 Å². The van der Waals surface area contributed by atoms with Crippen LogP contribution in [0.4, 0.5) is 4.39 Å². The van der Waals surface area contributed by atoms with E-state index in [0.717, 1.165) is 6.54 Å². The molecular weight excluding hydrogens is 299 g/mol. The van der Waals surface area contributed by atoms with Crippen LogP contribution >= 0.6 is 15.9 Å². The molecule has 0 aliphatic carbocycles. The molecule has 98 valence electrons. The molecule has 1 saturated heterocycles. The molecule has 18 heavy (non-hydrogen) atoms. The van der Waals surface area contributed by atoms with Crippen molar-refractivity contribution >= 4 is 21.8 Å². The van der Waals surface area contributed by atoms with Crippen molar-refractivity contribution < 1.29 is 9.18 Å². The standard InChI is InChI=1S/C13H16BrFN2O/c1-13(2)8-17(4-3-16-13)12(18)9-5-10(14)7-11(15)6-9/h5-7,16H,3-4,8H2,1-2H3. The minimum Gasteiger partial charge on any atom is -0.336 e. The van der Waals surface area contributed by atoms with E-state index >= 15 is 0 Å². The van der Waals surface area contributed by atoms with Crippen LogP contribution in [0.3, 0.4) is 0 Å². The van der Waals surface area contributed by atoms with E-state index in [-0.39, 0.29) is 11.4 Å². The summed E-state index contributed by atoms with van der Waals surface area (Å²) in [5, 5.41) is 3.34. The summed E-state index contributed by atoms with van der Waals surface area (Å²) in [6.45, 7) is 6.13. The number of carbonyl (C=O) groups is 1. The molecule has 1 aromatic carbocycles. The molecule has 1 N–H and O–H groups in total. The van der Waals surface area contributed by atoms with E-state index in [9.17, 15) is 9.18 Å². The van der Waals surface area contributed by atoms with Gasteiger partial charge in [0.15, 0.2) is 0 Å². The van der Waals surface area contributed by atoms with Crippen molar-refractivity contribution in [2.75, 3.05) is 19.6 Å². The summed E-state index contributed by atoms with van der Waals surface area (Å²) in [6, 6.07) is 4.28. The van der Waals surface area contributed by atoms with Crippen molar-refractivity contribution in [3.63, 3.8) is 0 Å². The van der Waals surface area contributed by atoms with Crippen LogP contribution in [0.25, 0.3) is 0 Å². The normalized spacial score (nSPS) is 18.8. The number of hydrogen-bond donors (Lipinski definition) is 1. The molecule has 0 aromatic heterocycles. The zero-order chi connectivity index (χ0) is 13.3. The highest BCUT2D eigenvalue weighted by atomic mass is 79.9. The molecule has 0 bridgehead atoms. The van der Waals surface area contributed by atoms with Crippen LogP contribution in [0.15, 0.2) is 22.7 Å². The average Bonchev–Trinajstić information content (AvgIpc) is 2.25. The van der Waals surface area contributed by atoms with Crippen LogP contribution in [0, 0.1) is 5.82 Å². The van der Waals surface area contributed by atoms with Crippen LogP contribution in [0.2, 0.25) is 0 Å². The number of hydrogen-bond acceptors (Lipinski definition) is 2. The molecule has 0 spiro atoms. The predicted molar refractivity (Wildman–Crippen MR) is 72.1 cm³/mol. The van der Waals surface area contributed by atoms with Gasteiger partial charge in [-0.2, -0.15) is 0 Å². The summed E-state index contributed by atoms with van der Waals surface area (Å²) in [5.41, 5.74) is 0.290. The average molecular weight is 315 g/mol. The van der Waals surface area contributed by atoms with E-state index in [0.29, 0.717) is 23.1 Å². The van der Waals surface area contributed by atoms with Crippen molar-refractivity contribution in [1.29, 1.82) is 0 Å². The first kappa shape index (κ1) is 13.5. The first-order chi connectivity index (χ1) is 8.37. The second-order valence-corrected chi connectivity index (χ2v) is 6.11. The molecule has 1 aliphatic rings. The minimum atomic E-state index is -0.401. The molecule has 5 heteroatoms. The summed E-state index contributed by atoms with van der Waals surface area (Å²) in [6.07, 6.45) is 0. The fourth-order valence-corrected chi connectivity index (χ4v) is 2.64. The molecule has 1 aliphatic heterocycles. The van der Waals surface area contributed by atoms with Gasteiger partial charge in [0.25, 0.3) is 5.91 Å². The van der Waals surface area contributed by atoms with Gasteiger partial charge in [0, 0.05) is 35.2 Å². The van der Waals surface area contributed by atoms with E-state index < -0.39 is 5.82 Å². The third kappa shape index (κ3) is 3.09. The molecule has 0 unspecified atom stereocenters. The van der Waals surface area contributed by atoms with Crippen molar-refractivity contribution in [3.8, 4) is 0 Å². The third-order valence-corrected chi connectivity index (χ3v) is 3.43. The highest BCUT2D eigenvalue weighted by Crippen LogP contribution is 2.18. The Bertz CT molecular complexity index is 456. The van der Waals surface area contributed by atoms with E-state index in [4.69, 9.17) is 0 Å². The van der Waals surface area contributed by atoms with E-state index in [1.807, 2.05) is 13.8 Å². The molecule has 0 radical (unpaired) electrons. The van der Waals surface area contributed by atoms with E-state index in [1.165, 1.54) is 12.1 Å². The zero-order valence-electron chi connectivity index (χ0n) is 10.5. The predicted octanol–water partition coefficient (Wildman–Crippen LogP) is 2.41. The number of piperazine rings is 1. The summed E-state index contributed by atoms with van der Waals surface area (Å²) in [7, 11) is 0. The lowest BCUT2D eigenvalue weighted by atomic mass is 10.0. The van der Waals surface area contributed by atoms with Gasteiger partial charge < -0.3 is 10.2 Å². The molecule has 1 fully saturated rings. The number of carbonyl (C=O) groups excluding carboxylic acids is 1. The van der Waals surface area contributed by atoms with Crippen LogP contribution in [-0.4, -0.2) is 36.0 Å². The van der Waals surface area contributed by atoms with Gasteiger partial charge in [-0.15, -0.1) is 0 Å². The SMILES string of the molecule is CC1(C)CN(C(=O)c2cc(F)cc(Br)c2)CCN1. The maximum atomic E-state index is 13.3. The van der Waals surface area contributed by atoms with Crippen LogP contribution < -0.4 is 5.32 Å². The highest BCUT2D eigenvalue weighted by Gasteiger charge is 2.29.